The van der Waals surface area contributed by atoms with E-state index in [1.165, 1.54) is 16.7 Å². The Hall–Kier alpha value is -1.36. The zero-order valence-corrected chi connectivity index (χ0v) is 13.4. The van der Waals surface area contributed by atoms with Crippen molar-refractivity contribution in [3.8, 4) is 0 Å². The maximum absolute atomic E-state index is 4.72. The summed E-state index contributed by atoms with van der Waals surface area (Å²) in [5.74, 6) is 3.50. The summed E-state index contributed by atoms with van der Waals surface area (Å²) < 4.78 is 0. The van der Waals surface area contributed by atoms with Gasteiger partial charge in [0, 0.05) is 25.0 Å². The van der Waals surface area contributed by atoms with E-state index >= 15 is 0 Å². The van der Waals surface area contributed by atoms with Crippen molar-refractivity contribution in [2.45, 2.75) is 27.2 Å². The number of nitrogens with one attached hydrogen (secondary N) is 1. The first kappa shape index (κ1) is 13.6. The summed E-state index contributed by atoms with van der Waals surface area (Å²) in [6.45, 7) is 8.47. The quantitative estimate of drug-likeness (QED) is 0.914. The maximum atomic E-state index is 4.72. The second-order valence-corrected chi connectivity index (χ2v) is 7.07. The second-order valence-electron chi connectivity index (χ2n) is 5.83. The molecule has 1 fully saturated rings. The zero-order chi connectivity index (χ0) is 14.3. The lowest BCUT2D eigenvalue weighted by molar-refractivity contribution is 0.721. The van der Waals surface area contributed by atoms with E-state index in [9.17, 15) is 0 Å². The van der Waals surface area contributed by atoms with E-state index in [1.54, 1.807) is 11.3 Å². The Kier molecular flexibility index (Phi) is 3.54. The Morgan fingerprint density at radius 3 is 2.85 bits per heavy atom. The van der Waals surface area contributed by atoms with E-state index in [1.807, 2.05) is 0 Å². The molecule has 5 heteroatoms. The summed E-state index contributed by atoms with van der Waals surface area (Å²) >= 11 is 1.74. The fourth-order valence-corrected chi connectivity index (χ4v) is 3.52. The number of hydrogen-bond acceptors (Lipinski definition) is 5. The summed E-state index contributed by atoms with van der Waals surface area (Å²) in [7, 11) is 2.15. The van der Waals surface area contributed by atoms with Gasteiger partial charge < -0.3 is 10.2 Å². The molecule has 0 radical (unpaired) electrons. The van der Waals surface area contributed by atoms with Gasteiger partial charge >= 0.3 is 0 Å². The second kappa shape index (κ2) is 5.20. The fourth-order valence-electron chi connectivity index (χ4n) is 2.65. The van der Waals surface area contributed by atoms with E-state index in [0.717, 1.165) is 41.5 Å². The molecule has 20 heavy (non-hydrogen) atoms. The lowest BCUT2D eigenvalue weighted by atomic mass is 10.3. The lowest BCUT2D eigenvalue weighted by Gasteiger charge is -2.19. The minimum absolute atomic E-state index is 0.743. The summed E-state index contributed by atoms with van der Waals surface area (Å²) in [5, 5.41) is 4.42. The molecule has 1 aliphatic carbocycles. The molecule has 108 valence electrons. The van der Waals surface area contributed by atoms with Gasteiger partial charge in [-0.05, 0) is 38.2 Å². The number of hydrogen-bond donors (Lipinski definition) is 1. The third kappa shape index (κ3) is 2.59. The SMILES string of the molecule is CCNc1nc(N(C)CC2CC2C)c2cc(C)sc2n1. The van der Waals surface area contributed by atoms with Gasteiger partial charge in [-0.25, -0.2) is 4.98 Å². The first-order chi connectivity index (χ1) is 9.58. The highest BCUT2D eigenvalue weighted by atomic mass is 32.1. The molecule has 0 amide bonds. The molecule has 1 aliphatic rings. The van der Waals surface area contributed by atoms with Crippen LogP contribution in [0.2, 0.25) is 0 Å². The third-order valence-electron chi connectivity index (χ3n) is 3.98. The van der Waals surface area contributed by atoms with Crippen LogP contribution in [0.4, 0.5) is 11.8 Å². The van der Waals surface area contributed by atoms with Crippen LogP contribution in [-0.2, 0) is 0 Å². The van der Waals surface area contributed by atoms with Crippen LogP contribution in [0.5, 0.6) is 0 Å². The molecular formula is C15H22N4S. The van der Waals surface area contributed by atoms with Crippen molar-refractivity contribution in [2.75, 3.05) is 30.4 Å². The van der Waals surface area contributed by atoms with E-state index in [0.29, 0.717) is 0 Å². The first-order valence-corrected chi connectivity index (χ1v) is 8.13. The number of aromatic nitrogens is 2. The molecule has 2 atom stereocenters. The molecule has 2 heterocycles. The monoisotopic (exact) mass is 290 g/mol. The van der Waals surface area contributed by atoms with Gasteiger partial charge in [0.05, 0.1) is 5.39 Å². The maximum Gasteiger partial charge on any atom is 0.226 e. The number of fused-ring (bicyclic) bond motifs is 1. The van der Waals surface area contributed by atoms with Crippen molar-refractivity contribution in [1.29, 1.82) is 0 Å². The van der Waals surface area contributed by atoms with Crippen molar-refractivity contribution in [2.24, 2.45) is 11.8 Å². The van der Waals surface area contributed by atoms with Crippen LogP contribution in [-0.4, -0.2) is 30.1 Å². The highest BCUT2D eigenvalue weighted by Crippen LogP contribution is 2.39. The highest BCUT2D eigenvalue weighted by molar-refractivity contribution is 7.18. The van der Waals surface area contributed by atoms with E-state index in [2.05, 4.69) is 49.1 Å². The van der Waals surface area contributed by atoms with Crippen molar-refractivity contribution >= 4 is 33.3 Å². The molecular weight excluding hydrogens is 268 g/mol. The van der Waals surface area contributed by atoms with E-state index in [4.69, 9.17) is 4.98 Å². The van der Waals surface area contributed by atoms with Gasteiger partial charge in [-0.2, -0.15) is 4.98 Å². The van der Waals surface area contributed by atoms with Crippen LogP contribution in [0.3, 0.4) is 0 Å². The minimum Gasteiger partial charge on any atom is -0.359 e. The molecule has 0 spiro atoms. The molecule has 1 saturated carbocycles. The number of nitrogens with zero attached hydrogens (tertiary/aromatic N) is 3. The molecule has 2 aromatic rings. The normalized spacial score (nSPS) is 21.2. The summed E-state index contributed by atoms with van der Waals surface area (Å²) in [5.41, 5.74) is 0. The standard InChI is InChI=1S/C15H22N4S/c1-5-16-15-17-13(19(4)8-11-6-9(11)2)12-7-10(3)20-14(12)18-15/h7,9,11H,5-6,8H2,1-4H3,(H,16,17,18). The highest BCUT2D eigenvalue weighted by Gasteiger charge is 2.33. The Balaban J connectivity index is 1.97. The first-order valence-electron chi connectivity index (χ1n) is 7.31. The van der Waals surface area contributed by atoms with Crippen LogP contribution < -0.4 is 10.2 Å². The Morgan fingerprint density at radius 1 is 1.45 bits per heavy atom. The van der Waals surface area contributed by atoms with Gasteiger partial charge in [0.25, 0.3) is 0 Å². The average molecular weight is 290 g/mol. The van der Waals surface area contributed by atoms with Crippen molar-refractivity contribution in [3.63, 3.8) is 0 Å². The number of thiophene rings is 1. The topological polar surface area (TPSA) is 41.1 Å². The molecule has 0 bridgehead atoms. The molecule has 0 aromatic carbocycles. The molecule has 2 unspecified atom stereocenters. The van der Waals surface area contributed by atoms with Gasteiger partial charge in [0.2, 0.25) is 5.95 Å². The van der Waals surface area contributed by atoms with Gasteiger partial charge in [0.1, 0.15) is 10.6 Å². The fraction of sp³-hybridized carbons (Fsp3) is 0.600. The summed E-state index contributed by atoms with van der Waals surface area (Å²) in [6.07, 6.45) is 1.35. The largest absolute Gasteiger partial charge is 0.359 e. The van der Waals surface area contributed by atoms with Crippen LogP contribution in [0.15, 0.2) is 6.07 Å². The third-order valence-corrected chi connectivity index (χ3v) is 4.92. The summed E-state index contributed by atoms with van der Waals surface area (Å²) in [4.78, 5) is 14.0. The molecule has 0 saturated heterocycles. The predicted octanol–water partition coefficient (Wildman–Crippen LogP) is 3.52. The molecule has 0 aliphatic heterocycles. The van der Waals surface area contributed by atoms with Crippen LogP contribution >= 0.6 is 11.3 Å². The number of rotatable bonds is 5. The predicted molar refractivity (Wildman–Crippen MR) is 86.9 cm³/mol. The Morgan fingerprint density at radius 2 is 2.20 bits per heavy atom. The molecule has 1 N–H and O–H groups in total. The van der Waals surface area contributed by atoms with Crippen molar-refractivity contribution in [3.05, 3.63) is 10.9 Å². The van der Waals surface area contributed by atoms with Gasteiger partial charge in [-0.1, -0.05) is 6.92 Å². The molecule has 4 nitrogen and oxygen atoms in total. The van der Waals surface area contributed by atoms with Gasteiger partial charge in [0.15, 0.2) is 0 Å². The smallest absolute Gasteiger partial charge is 0.226 e. The van der Waals surface area contributed by atoms with Gasteiger partial charge in [-0.3, -0.25) is 0 Å². The zero-order valence-electron chi connectivity index (χ0n) is 12.6. The Bertz CT molecular complexity index is 622. The van der Waals surface area contributed by atoms with Crippen molar-refractivity contribution < 1.29 is 0 Å². The lowest BCUT2D eigenvalue weighted by Crippen LogP contribution is -2.22. The molecule has 3 rings (SSSR count). The Labute approximate surface area is 124 Å². The van der Waals surface area contributed by atoms with Crippen molar-refractivity contribution in [1.82, 2.24) is 9.97 Å². The molecule has 2 aromatic heterocycles. The van der Waals surface area contributed by atoms with Gasteiger partial charge in [-0.15, -0.1) is 11.3 Å². The van der Waals surface area contributed by atoms with E-state index in [-0.39, 0.29) is 0 Å². The average Bonchev–Trinajstić information content (AvgIpc) is 2.94. The number of anilines is 2. The minimum atomic E-state index is 0.743. The van der Waals surface area contributed by atoms with E-state index < -0.39 is 0 Å². The summed E-state index contributed by atoms with van der Waals surface area (Å²) in [6, 6.07) is 2.21. The van der Waals surface area contributed by atoms with Crippen LogP contribution in [0, 0.1) is 18.8 Å². The number of aryl methyl sites for hydroxylation is 1. The van der Waals surface area contributed by atoms with Crippen LogP contribution in [0.25, 0.3) is 10.2 Å². The van der Waals surface area contributed by atoms with Crippen LogP contribution in [0.1, 0.15) is 25.1 Å².